The molecule has 1 heterocycles. The lowest BCUT2D eigenvalue weighted by molar-refractivity contribution is 0.0955. The maximum atomic E-state index is 12.8. The molecule has 0 aromatic heterocycles. The third-order valence-corrected chi connectivity index (χ3v) is 6.50. The van der Waals surface area contributed by atoms with E-state index in [2.05, 4.69) is 10.5 Å². The lowest BCUT2D eigenvalue weighted by atomic mass is 10.1. The van der Waals surface area contributed by atoms with Gasteiger partial charge in [0.05, 0.1) is 11.1 Å². The fourth-order valence-electron chi connectivity index (χ4n) is 3.01. The van der Waals surface area contributed by atoms with Gasteiger partial charge in [0.1, 0.15) is 0 Å². The monoisotopic (exact) mass is 385 g/mol. The Morgan fingerprint density at radius 3 is 2.56 bits per heavy atom. The van der Waals surface area contributed by atoms with Crippen LogP contribution in [0.25, 0.3) is 0 Å². The average Bonchev–Trinajstić information content (AvgIpc) is 2.70. The van der Waals surface area contributed by atoms with E-state index in [0.29, 0.717) is 13.1 Å². The first kappa shape index (κ1) is 19.3. The van der Waals surface area contributed by atoms with Crippen LogP contribution in [-0.2, 0) is 10.0 Å². The zero-order valence-corrected chi connectivity index (χ0v) is 16.1. The summed E-state index contributed by atoms with van der Waals surface area (Å²) in [5, 5.41) is 3.98. The highest BCUT2D eigenvalue weighted by atomic mass is 32.2. The van der Waals surface area contributed by atoms with Gasteiger partial charge in [-0.2, -0.15) is 9.41 Å². The number of hydrogen-bond donors (Lipinski definition) is 1. The van der Waals surface area contributed by atoms with Gasteiger partial charge in [-0.15, -0.1) is 0 Å². The summed E-state index contributed by atoms with van der Waals surface area (Å²) in [6.07, 6.45) is 4.36. The molecule has 1 aliphatic rings. The van der Waals surface area contributed by atoms with Gasteiger partial charge in [-0.1, -0.05) is 36.8 Å². The van der Waals surface area contributed by atoms with Crippen molar-refractivity contribution in [2.45, 2.75) is 31.1 Å². The molecule has 1 aliphatic heterocycles. The van der Waals surface area contributed by atoms with Gasteiger partial charge in [-0.05, 0) is 49.1 Å². The summed E-state index contributed by atoms with van der Waals surface area (Å²) in [6.45, 7) is 3.01. The molecule has 7 heteroatoms. The summed E-state index contributed by atoms with van der Waals surface area (Å²) >= 11 is 0. The molecular weight excluding hydrogens is 362 g/mol. The van der Waals surface area contributed by atoms with Crippen LogP contribution >= 0.6 is 0 Å². The first-order valence-corrected chi connectivity index (χ1v) is 10.4. The zero-order valence-electron chi connectivity index (χ0n) is 15.3. The fourth-order valence-corrected chi connectivity index (χ4v) is 4.57. The summed E-state index contributed by atoms with van der Waals surface area (Å²) in [6, 6.07) is 13.8. The second-order valence-corrected chi connectivity index (χ2v) is 8.49. The molecule has 27 heavy (non-hydrogen) atoms. The van der Waals surface area contributed by atoms with Gasteiger partial charge in [0, 0.05) is 18.7 Å². The topological polar surface area (TPSA) is 78.8 Å². The third kappa shape index (κ3) is 4.61. The second-order valence-electron chi connectivity index (χ2n) is 6.55. The van der Waals surface area contributed by atoms with Crippen molar-refractivity contribution in [1.82, 2.24) is 9.73 Å². The molecule has 1 fully saturated rings. The number of piperidine rings is 1. The van der Waals surface area contributed by atoms with E-state index in [1.165, 1.54) is 16.4 Å². The number of carbonyl (C=O) groups is 1. The lowest BCUT2D eigenvalue weighted by Crippen LogP contribution is -2.35. The van der Waals surface area contributed by atoms with Crippen molar-refractivity contribution in [2.75, 3.05) is 13.1 Å². The Bertz CT molecular complexity index is 948. The van der Waals surface area contributed by atoms with Crippen molar-refractivity contribution in [2.24, 2.45) is 5.10 Å². The van der Waals surface area contributed by atoms with Crippen molar-refractivity contribution in [1.29, 1.82) is 0 Å². The van der Waals surface area contributed by atoms with E-state index in [1.54, 1.807) is 18.3 Å². The fraction of sp³-hybridized carbons (Fsp3) is 0.300. The molecule has 1 N–H and O–H groups in total. The predicted molar refractivity (Wildman–Crippen MR) is 105 cm³/mol. The van der Waals surface area contributed by atoms with Gasteiger partial charge in [0.15, 0.2) is 0 Å². The van der Waals surface area contributed by atoms with Crippen LogP contribution in [0.1, 0.15) is 40.7 Å². The van der Waals surface area contributed by atoms with Crippen LogP contribution < -0.4 is 5.43 Å². The van der Waals surface area contributed by atoms with Crippen molar-refractivity contribution >= 4 is 22.1 Å². The molecule has 1 amide bonds. The first-order chi connectivity index (χ1) is 13.0. The van der Waals surface area contributed by atoms with E-state index in [4.69, 9.17) is 0 Å². The highest BCUT2D eigenvalue weighted by Crippen LogP contribution is 2.21. The van der Waals surface area contributed by atoms with Crippen LogP contribution in [0.15, 0.2) is 58.5 Å². The average molecular weight is 385 g/mol. The van der Waals surface area contributed by atoms with Crippen molar-refractivity contribution < 1.29 is 13.2 Å². The summed E-state index contributed by atoms with van der Waals surface area (Å²) in [5.41, 5.74) is 4.66. The van der Waals surface area contributed by atoms with E-state index in [1.807, 2.05) is 31.2 Å². The number of hydrogen-bond acceptors (Lipinski definition) is 4. The van der Waals surface area contributed by atoms with E-state index < -0.39 is 15.9 Å². The number of sulfonamides is 1. The summed E-state index contributed by atoms with van der Waals surface area (Å²) < 4.78 is 27.0. The summed E-state index contributed by atoms with van der Waals surface area (Å²) in [4.78, 5) is 12.5. The van der Waals surface area contributed by atoms with Crippen LogP contribution in [0.5, 0.6) is 0 Å². The Labute approximate surface area is 159 Å². The van der Waals surface area contributed by atoms with Gasteiger partial charge in [0.2, 0.25) is 10.0 Å². The van der Waals surface area contributed by atoms with E-state index in [0.717, 1.165) is 30.4 Å². The molecule has 1 saturated heterocycles. The molecule has 0 spiro atoms. The van der Waals surface area contributed by atoms with Gasteiger partial charge >= 0.3 is 0 Å². The highest BCUT2D eigenvalue weighted by Gasteiger charge is 2.26. The molecule has 142 valence electrons. The van der Waals surface area contributed by atoms with Crippen LogP contribution in [-0.4, -0.2) is 37.9 Å². The molecule has 2 aromatic carbocycles. The maximum absolute atomic E-state index is 12.8. The molecule has 0 atom stereocenters. The predicted octanol–water partition coefficient (Wildman–Crippen LogP) is 2.93. The molecule has 0 unspecified atom stereocenters. The Morgan fingerprint density at radius 2 is 1.81 bits per heavy atom. The maximum Gasteiger partial charge on any atom is 0.271 e. The van der Waals surface area contributed by atoms with Crippen LogP contribution in [0.3, 0.4) is 0 Å². The Kier molecular flexibility index (Phi) is 6.03. The van der Waals surface area contributed by atoms with Crippen LogP contribution in [0, 0.1) is 6.92 Å². The van der Waals surface area contributed by atoms with E-state index in [9.17, 15) is 13.2 Å². The first-order valence-electron chi connectivity index (χ1n) is 8.98. The van der Waals surface area contributed by atoms with Crippen molar-refractivity contribution in [3.63, 3.8) is 0 Å². The summed E-state index contributed by atoms with van der Waals surface area (Å²) in [5.74, 6) is -0.449. The van der Waals surface area contributed by atoms with Crippen LogP contribution in [0.2, 0.25) is 0 Å². The number of carbonyl (C=O) groups excluding carboxylic acids is 1. The molecule has 6 nitrogen and oxygen atoms in total. The molecular formula is C20H23N3O3S. The van der Waals surface area contributed by atoms with Gasteiger partial charge in [0.25, 0.3) is 5.91 Å². The Morgan fingerprint density at radius 1 is 1.07 bits per heavy atom. The molecule has 0 aliphatic carbocycles. The molecule has 3 rings (SSSR count). The number of nitrogens with zero attached hydrogens (tertiary/aromatic N) is 2. The van der Waals surface area contributed by atoms with Gasteiger partial charge < -0.3 is 0 Å². The van der Waals surface area contributed by atoms with Gasteiger partial charge in [-0.25, -0.2) is 13.8 Å². The molecule has 0 radical (unpaired) electrons. The minimum absolute atomic E-state index is 0.139. The van der Waals surface area contributed by atoms with E-state index >= 15 is 0 Å². The molecule has 0 saturated carbocycles. The SMILES string of the molecule is Cc1ccccc1/C=N\NC(=O)c1cccc(S(=O)(=O)N2CCCCC2)c1. The number of amides is 1. The van der Waals surface area contributed by atoms with Crippen LogP contribution in [0.4, 0.5) is 0 Å². The number of benzene rings is 2. The van der Waals surface area contributed by atoms with Crippen molar-refractivity contribution in [3.8, 4) is 0 Å². The zero-order chi connectivity index (χ0) is 19.3. The number of hydrazone groups is 1. The smallest absolute Gasteiger partial charge is 0.267 e. The lowest BCUT2D eigenvalue weighted by Gasteiger charge is -2.25. The van der Waals surface area contributed by atoms with E-state index in [-0.39, 0.29) is 10.5 Å². The normalized spacial score (nSPS) is 15.7. The third-order valence-electron chi connectivity index (χ3n) is 4.61. The number of nitrogens with one attached hydrogen (secondary N) is 1. The standard InChI is InChI=1S/C20H23N3O3S/c1-16-8-3-4-9-18(16)15-21-22-20(24)17-10-7-11-19(14-17)27(25,26)23-12-5-2-6-13-23/h3-4,7-11,14-15H,2,5-6,12-13H2,1H3,(H,22,24)/b21-15-. The van der Waals surface area contributed by atoms with Crippen molar-refractivity contribution in [3.05, 3.63) is 65.2 Å². The minimum Gasteiger partial charge on any atom is -0.267 e. The second kappa shape index (κ2) is 8.45. The molecule has 2 aromatic rings. The highest BCUT2D eigenvalue weighted by molar-refractivity contribution is 7.89. The Hall–Kier alpha value is -2.51. The van der Waals surface area contributed by atoms with Gasteiger partial charge in [-0.3, -0.25) is 4.79 Å². The quantitative estimate of drug-likeness (QED) is 0.635. The molecule has 0 bridgehead atoms. The Balaban J connectivity index is 1.73. The minimum atomic E-state index is -3.57. The number of rotatable bonds is 5. The number of aryl methyl sites for hydroxylation is 1. The summed E-state index contributed by atoms with van der Waals surface area (Å²) in [7, 11) is -3.57. The largest absolute Gasteiger partial charge is 0.271 e.